The molecule has 3 rings (SSSR count). The van der Waals surface area contributed by atoms with Crippen LogP contribution in [0.1, 0.15) is 30.5 Å². The van der Waals surface area contributed by atoms with E-state index in [9.17, 15) is 0 Å². The minimum Gasteiger partial charge on any atom is -0.494 e. The first-order valence-electron chi connectivity index (χ1n) is 7.24. The first kappa shape index (κ1) is 13.4. The van der Waals surface area contributed by atoms with Crippen molar-refractivity contribution in [1.29, 1.82) is 0 Å². The molecule has 20 heavy (non-hydrogen) atoms. The van der Waals surface area contributed by atoms with E-state index in [4.69, 9.17) is 4.74 Å². The van der Waals surface area contributed by atoms with Gasteiger partial charge in [0.1, 0.15) is 5.75 Å². The van der Waals surface area contributed by atoms with Crippen molar-refractivity contribution in [3.05, 3.63) is 41.0 Å². The SMILES string of the molecule is CCOc1ccc2c(sc3c(C)c(CC)ccc32)c1C. The van der Waals surface area contributed by atoms with Crippen molar-refractivity contribution in [3.63, 3.8) is 0 Å². The zero-order valence-electron chi connectivity index (χ0n) is 12.5. The molecular formula is C18H20OS. The molecule has 0 bridgehead atoms. The van der Waals surface area contributed by atoms with Crippen molar-refractivity contribution in [3.8, 4) is 5.75 Å². The number of thiophene rings is 1. The molecule has 1 heterocycles. The number of ether oxygens (including phenoxy) is 1. The Morgan fingerprint density at radius 2 is 1.55 bits per heavy atom. The quantitative estimate of drug-likeness (QED) is 0.605. The fourth-order valence-corrected chi connectivity index (χ4v) is 4.21. The highest BCUT2D eigenvalue weighted by atomic mass is 32.1. The molecule has 0 N–H and O–H groups in total. The van der Waals surface area contributed by atoms with Crippen molar-refractivity contribution in [2.75, 3.05) is 6.61 Å². The topological polar surface area (TPSA) is 9.23 Å². The van der Waals surface area contributed by atoms with Crippen LogP contribution in [0.4, 0.5) is 0 Å². The summed E-state index contributed by atoms with van der Waals surface area (Å²) in [5.74, 6) is 1.01. The van der Waals surface area contributed by atoms with Crippen LogP contribution in [0.5, 0.6) is 5.75 Å². The summed E-state index contributed by atoms with van der Waals surface area (Å²) in [7, 11) is 0. The van der Waals surface area contributed by atoms with Crippen LogP contribution in [0.25, 0.3) is 20.2 Å². The molecule has 0 saturated heterocycles. The van der Waals surface area contributed by atoms with E-state index in [1.165, 1.54) is 36.9 Å². The van der Waals surface area contributed by atoms with Crippen LogP contribution in [-0.4, -0.2) is 6.61 Å². The predicted molar refractivity (Wildman–Crippen MR) is 89.4 cm³/mol. The summed E-state index contributed by atoms with van der Waals surface area (Å²) in [5, 5.41) is 2.74. The Hall–Kier alpha value is -1.54. The summed E-state index contributed by atoms with van der Waals surface area (Å²) in [6.45, 7) is 9.39. The van der Waals surface area contributed by atoms with E-state index in [0.717, 1.165) is 18.8 Å². The molecule has 2 heteroatoms. The summed E-state index contributed by atoms with van der Waals surface area (Å²) >= 11 is 1.90. The van der Waals surface area contributed by atoms with Gasteiger partial charge in [-0.15, -0.1) is 11.3 Å². The van der Waals surface area contributed by atoms with Gasteiger partial charge in [0, 0.05) is 25.7 Å². The number of hydrogen-bond donors (Lipinski definition) is 0. The molecule has 1 nitrogen and oxygen atoms in total. The highest BCUT2D eigenvalue weighted by Crippen LogP contribution is 2.41. The second-order valence-electron chi connectivity index (χ2n) is 5.18. The average Bonchev–Trinajstić information content (AvgIpc) is 2.83. The molecule has 2 aromatic carbocycles. The molecular weight excluding hydrogens is 264 g/mol. The average molecular weight is 284 g/mol. The standard InChI is InChI=1S/C18H20OS/c1-5-13-7-8-14-15-9-10-16(19-6-2)12(4)18(15)20-17(14)11(13)3/h7-10H,5-6H2,1-4H3. The third-order valence-electron chi connectivity index (χ3n) is 4.05. The van der Waals surface area contributed by atoms with Gasteiger partial charge in [0.25, 0.3) is 0 Å². The zero-order valence-corrected chi connectivity index (χ0v) is 13.4. The van der Waals surface area contributed by atoms with E-state index in [0.29, 0.717) is 0 Å². The third-order valence-corrected chi connectivity index (χ3v) is 5.51. The van der Waals surface area contributed by atoms with Gasteiger partial charge in [-0.3, -0.25) is 0 Å². The van der Waals surface area contributed by atoms with Gasteiger partial charge in [-0.05, 0) is 50.5 Å². The number of benzene rings is 2. The minimum atomic E-state index is 0.719. The Morgan fingerprint density at radius 1 is 0.900 bits per heavy atom. The number of aryl methyl sites for hydroxylation is 3. The summed E-state index contributed by atoms with van der Waals surface area (Å²) in [5.41, 5.74) is 4.15. The Kier molecular flexibility index (Phi) is 3.43. The summed E-state index contributed by atoms with van der Waals surface area (Å²) < 4.78 is 8.51. The fraction of sp³-hybridized carbons (Fsp3) is 0.333. The van der Waals surface area contributed by atoms with E-state index in [-0.39, 0.29) is 0 Å². The van der Waals surface area contributed by atoms with Gasteiger partial charge in [0.05, 0.1) is 6.61 Å². The van der Waals surface area contributed by atoms with Gasteiger partial charge >= 0.3 is 0 Å². The Balaban J connectivity index is 2.35. The van der Waals surface area contributed by atoms with Crippen LogP contribution in [0, 0.1) is 13.8 Å². The van der Waals surface area contributed by atoms with E-state index < -0.39 is 0 Å². The van der Waals surface area contributed by atoms with Crippen LogP contribution in [0.15, 0.2) is 24.3 Å². The normalized spacial score (nSPS) is 11.4. The Bertz CT molecular complexity index is 783. The van der Waals surface area contributed by atoms with Crippen molar-refractivity contribution < 1.29 is 4.74 Å². The Morgan fingerprint density at radius 3 is 2.20 bits per heavy atom. The largest absolute Gasteiger partial charge is 0.494 e. The predicted octanol–water partition coefficient (Wildman–Crippen LogP) is 5.63. The van der Waals surface area contributed by atoms with Crippen molar-refractivity contribution in [2.24, 2.45) is 0 Å². The summed E-state index contributed by atoms with van der Waals surface area (Å²) in [6.07, 6.45) is 1.10. The summed E-state index contributed by atoms with van der Waals surface area (Å²) in [6, 6.07) is 8.86. The van der Waals surface area contributed by atoms with E-state index in [1.54, 1.807) is 0 Å². The summed E-state index contributed by atoms with van der Waals surface area (Å²) in [4.78, 5) is 0. The second-order valence-corrected chi connectivity index (χ2v) is 6.20. The molecule has 0 saturated carbocycles. The zero-order chi connectivity index (χ0) is 14.3. The molecule has 0 atom stereocenters. The molecule has 1 aromatic heterocycles. The van der Waals surface area contributed by atoms with Gasteiger partial charge in [0.15, 0.2) is 0 Å². The smallest absolute Gasteiger partial charge is 0.123 e. The molecule has 0 radical (unpaired) electrons. The van der Waals surface area contributed by atoms with Crippen molar-refractivity contribution in [2.45, 2.75) is 34.1 Å². The van der Waals surface area contributed by atoms with Crippen LogP contribution < -0.4 is 4.74 Å². The second kappa shape index (κ2) is 5.10. The lowest BCUT2D eigenvalue weighted by atomic mass is 10.0. The molecule has 0 aliphatic rings. The minimum absolute atomic E-state index is 0.719. The molecule has 0 spiro atoms. The van der Waals surface area contributed by atoms with Gasteiger partial charge in [0.2, 0.25) is 0 Å². The lowest BCUT2D eigenvalue weighted by Crippen LogP contribution is -1.93. The van der Waals surface area contributed by atoms with E-state index in [1.807, 2.05) is 18.3 Å². The van der Waals surface area contributed by atoms with Crippen LogP contribution in [-0.2, 0) is 6.42 Å². The first-order chi connectivity index (χ1) is 9.67. The van der Waals surface area contributed by atoms with E-state index >= 15 is 0 Å². The van der Waals surface area contributed by atoms with Gasteiger partial charge in [-0.2, -0.15) is 0 Å². The highest BCUT2D eigenvalue weighted by molar-refractivity contribution is 7.26. The maximum atomic E-state index is 5.72. The molecule has 0 fully saturated rings. The van der Waals surface area contributed by atoms with Gasteiger partial charge < -0.3 is 4.74 Å². The van der Waals surface area contributed by atoms with Crippen LogP contribution in [0.2, 0.25) is 0 Å². The molecule has 0 aliphatic heterocycles. The first-order valence-corrected chi connectivity index (χ1v) is 8.06. The number of hydrogen-bond acceptors (Lipinski definition) is 2. The van der Waals surface area contributed by atoms with Gasteiger partial charge in [-0.25, -0.2) is 0 Å². The molecule has 0 unspecified atom stereocenters. The number of rotatable bonds is 3. The van der Waals surface area contributed by atoms with Gasteiger partial charge in [-0.1, -0.05) is 19.1 Å². The van der Waals surface area contributed by atoms with Crippen molar-refractivity contribution in [1.82, 2.24) is 0 Å². The number of fused-ring (bicyclic) bond motifs is 3. The van der Waals surface area contributed by atoms with Crippen molar-refractivity contribution >= 4 is 31.5 Å². The third kappa shape index (κ3) is 1.90. The fourth-order valence-electron chi connectivity index (χ4n) is 2.89. The Labute approximate surface area is 124 Å². The van der Waals surface area contributed by atoms with E-state index in [2.05, 4.69) is 45.0 Å². The molecule has 3 aromatic rings. The molecule has 0 aliphatic carbocycles. The van der Waals surface area contributed by atoms with Crippen LogP contribution >= 0.6 is 11.3 Å². The monoisotopic (exact) mass is 284 g/mol. The maximum absolute atomic E-state index is 5.72. The molecule has 0 amide bonds. The molecule has 104 valence electrons. The lowest BCUT2D eigenvalue weighted by Gasteiger charge is -2.07. The maximum Gasteiger partial charge on any atom is 0.123 e. The highest BCUT2D eigenvalue weighted by Gasteiger charge is 2.13. The lowest BCUT2D eigenvalue weighted by molar-refractivity contribution is 0.338. The van der Waals surface area contributed by atoms with Crippen LogP contribution in [0.3, 0.4) is 0 Å².